The van der Waals surface area contributed by atoms with Crippen LogP contribution < -0.4 is 10.2 Å². The normalized spacial score (nSPS) is 17.3. The van der Waals surface area contributed by atoms with Crippen molar-refractivity contribution in [3.05, 3.63) is 29.8 Å². The summed E-state index contributed by atoms with van der Waals surface area (Å²) in [6.07, 6.45) is 7.44. The van der Waals surface area contributed by atoms with Crippen LogP contribution >= 0.6 is 0 Å². The molecule has 0 spiro atoms. The maximum Gasteiger partial charge on any atom is 0.0434 e. The Bertz CT molecular complexity index is 396. The van der Waals surface area contributed by atoms with Gasteiger partial charge >= 0.3 is 0 Å². The molecule has 1 aromatic rings. The number of rotatable bonds is 8. The third kappa shape index (κ3) is 5.62. The first kappa shape index (κ1) is 17.3. The lowest BCUT2D eigenvalue weighted by atomic mass is 10.0. The third-order valence-electron chi connectivity index (χ3n) is 4.78. The first-order valence-electron chi connectivity index (χ1n) is 8.99. The maximum atomic E-state index is 9.03. The fourth-order valence-corrected chi connectivity index (χ4v) is 3.21. The maximum absolute atomic E-state index is 9.03. The first-order valence-corrected chi connectivity index (χ1v) is 8.99. The lowest BCUT2D eigenvalue weighted by Gasteiger charge is -2.23. The number of aliphatic hydroxyl groups is 1. The highest BCUT2D eigenvalue weighted by atomic mass is 16.3. The fourth-order valence-electron chi connectivity index (χ4n) is 3.21. The Morgan fingerprint density at radius 2 is 1.77 bits per heavy atom. The summed E-state index contributed by atoms with van der Waals surface area (Å²) in [4.78, 5) is 2.53. The fraction of sp³-hybridized carbons (Fsp3) is 0.684. The highest BCUT2D eigenvalue weighted by molar-refractivity contribution is 5.47. The van der Waals surface area contributed by atoms with Gasteiger partial charge in [-0.15, -0.1) is 0 Å². The van der Waals surface area contributed by atoms with Gasteiger partial charge in [0, 0.05) is 31.9 Å². The van der Waals surface area contributed by atoms with Gasteiger partial charge in [0.2, 0.25) is 0 Å². The second-order valence-electron chi connectivity index (χ2n) is 6.49. The van der Waals surface area contributed by atoms with Crippen molar-refractivity contribution < 1.29 is 5.11 Å². The number of benzene rings is 1. The molecule has 1 aliphatic heterocycles. The summed E-state index contributed by atoms with van der Waals surface area (Å²) < 4.78 is 0. The van der Waals surface area contributed by atoms with Crippen LogP contribution in [-0.2, 0) is 6.54 Å². The van der Waals surface area contributed by atoms with Crippen molar-refractivity contribution >= 4 is 5.69 Å². The van der Waals surface area contributed by atoms with Crippen molar-refractivity contribution in [2.75, 3.05) is 31.1 Å². The molecule has 1 atom stereocenters. The second kappa shape index (κ2) is 9.86. The molecule has 1 fully saturated rings. The molecule has 0 bridgehead atoms. The largest absolute Gasteiger partial charge is 0.396 e. The molecule has 0 aromatic heterocycles. The van der Waals surface area contributed by atoms with E-state index < -0.39 is 0 Å². The van der Waals surface area contributed by atoms with Crippen molar-refractivity contribution in [2.24, 2.45) is 5.92 Å². The average molecular weight is 304 g/mol. The van der Waals surface area contributed by atoms with E-state index in [4.69, 9.17) is 5.11 Å². The van der Waals surface area contributed by atoms with E-state index in [0.29, 0.717) is 12.5 Å². The number of hydrogen-bond acceptors (Lipinski definition) is 3. The van der Waals surface area contributed by atoms with Crippen LogP contribution in [0.5, 0.6) is 0 Å². The summed E-state index contributed by atoms with van der Waals surface area (Å²) in [7, 11) is 0. The highest BCUT2D eigenvalue weighted by Crippen LogP contribution is 2.20. The lowest BCUT2D eigenvalue weighted by molar-refractivity contribution is 0.251. The molecule has 3 nitrogen and oxygen atoms in total. The highest BCUT2D eigenvalue weighted by Gasteiger charge is 2.09. The number of nitrogens with zero attached hydrogens (tertiary/aromatic N) is 1. The first-order chi connectivity index (χ1) is 10.8. The molecule has 2 N–H and O–H groups in total. The third-order valence-corrected chi connectivity index (χ3v) is 4.78. The predicted octanol–water partition coefficient (Wildman–Crippen LogP) is 3.57. The van der Waals surface area contributed by atoms with Gasteiger partial charge in [-0.2, -0.15) is 0 Å². The van der Waals surface area contributed by atoms with Crippen LogP contribution in [0.4, 0.5) is 5.69 Å². The van der Waals surface area contributed by atoms with E-state index in [1.807, 2.05) is 0 Å². The molecule has 3 heteroatoms. The van der Waals surface area contributed by atoms with E-state index in [9.17, 15) is 0 Å². The number of hydrogen-bond donors (Lipinski definition) is 2. The minimum Gasteiger partial charge on any atom is -0.396 e. The smallest absolute Gasteiger partial charge is 0.0434 e. The zero-order valence-electron chi connectivity index (χ0n) is 14.1. The monoisotopic (exact) mass is 304 g/mol. The Labute approximate surface area is 135 Å². The molecule has 124 valence electrons. The Morgan fingerprint density at radius 1 is 1.09 bits per heavy atom. The molecule has 0 aliphatic carbocycles. The Kier molecular flexibility index (Phi) is 7.75. The second-order valence-corrected chi connectivity index (χ2v) is 6.49. The molecule has 1 unspecified atom stereocenters. The van der Waals surface area contributed by atoms with E-state index in [-0.39, 0.29) is 0 Å². The quantitative estimate of drug-likeness (QED) is 0.771. The van der Waals surface area contributed by atoms with Gasteiger partial charge in [0.25, 0.3) is 0 Å². The number of nitrogens with one attached hydrogen (secondary N) is 1. The van der Waals surface area contributed by atoms with Crippen LogP contribution in [0.15, 0.2) is 24.3 Å². The summed E-state index contributed by atoms with van der Waals surface area (Å²) in [5, 5.41) is 12.5. The van der Waals surface area contributed by atoms with Gasteiger partial charge in [0.05, 0.1) is 0 Å². The topological polar surface area (TPSA) is 35.5 Å². The van der Waals surface area contributed by atoms with E-state index in [0.717, 1.165) is 25.9 Å². The number of anilines is 1. The summed E-state index contributed by atoms with van der Waals surface area (Å²) in [5.41, 5.74) is 2.72. The van der Waals surface area contributed by atoms with Crippen molar-refractivity contribution in [1.29, 1.82) is 0 Å². The van der Waals surface area contributed by atoms with Gasteiger partial charge in [0.1, 0.15) is 0 Å². The standard InChI is InChI=1S/C19H32N2O/c1-2-17(11-14-22)15-20-16-18-7-9-19(10-8-18)21-12-5-3-4-6-13-21/h7-10,17,20,22H,2-6,11-16H2,1H3. The minimum absolute atomic E-state index is 0.296. The summed E-state index contributed by atoms with van der Waals surface area (Å²) in [5.74, 6) is 0.585. The van der Waals surface area contributed by atoms with Crippen LogP contribution in [-0.4, -0.2) is 31.3 Å². The van der Waals surface area contributed by atoms with Crippen LogP contribution in [0, 0.1) is 5.92 Å². The van der Waals surface area contributed by atoms with Gasteiger partial charge in [-0.1, -0.05) is 38.3 Å². The van der Waals surface area contributed by atoms with Gasteiger partial charge in [-0.25, -0.2) is 0 Å². The van der Waals surface area contributed by atoms with Crippen LogP contribution in [0.1, 0.15) is 51.0 Å². The molecule has 22 heavy (non-hydrogen) atoms. The van der Waals surface area contributed by atoms with E-state index in [2.05, 4.69) is 41.4 Å². The molecule has 2 rings (SSSR count). The van der Waals surface area contributed by atoms with Crippen LogP contribution in [0.3, 0.4) is 0 Å². The van der Waals surface area contributed by atoms with Gasteiger partial charge in [-0.3, -0.25) is 0 Å². The van der Waals surface area contributed by atoms with Crippen molar-refractivity contribution in [2.45, 2.75) is 52.0 Å². The SMILES string of the molecule is CCC(CCO)CNCc1ccc(N2CCCCCC2)cc1. The molecular formula is C19H32N2O. The molecular weight excluding hydrogens is 272 g/mol. The van der Waals surface area contributed by atoms with Gasteiger partial charge in [-0.05, 0) is 49.4 Å². The van der Waals surface area contributed by atoms with Crippen LogP contribution in [0.2, 0.25) is 0 Å². The van der Waals surface area contributed by atoms with E-state index in [1.54, 1.807) is 0 Å². The number of aliphatic hydroxyl groups excluding tert-OH is 1. The zero-order valence-corrected chi connectivity index (χ0v) is 14.1. The molecule has 1 saturated heterocycles. The van der Waals surface area contributed by atoms with Crippen LogP contribution in [0.25, 0.3) is 0 Å². The Balaban J connectivity index is 1.78. The zero-order chi connectivity index (χ0) is 15.6. The average Bonchev–Trinajstić information content (AvgIpc) is 2.84. The minimum atomic E-state index is 0.296. The van der Waals surface area contributed by atoms with Crippen molar-refractivity contribution in [3.63, 3.8) is 0 Å². The van der Waals surface area contributed by atoms with Gasteiger partial charge in [0.15, 0.2) is 0 Å². The molecule has 0 saturated carbocycles. The molecule has 1 aliphatic rings. The van der Waals surface area contributed by atoms with Gasteiger partial charge < -0.3 is 15.3 Å². The van der Waals surface area contributed by atoms with E-state index in [1.165, 1.54) is 50.0 Å². The summed E-state index contributed by atoms with van der Waals surface area (Å²) in [6.45, 7) is 6.81. The summed E-state index contributed by atoms with van der Waals surface area (Å²) >= 11 is 0. The molecule has 1 heterocycles. The Morgan fingerprint density at radius 3 is 2.36 bits per heavy atom. The molecule has 0 amide bonds. The predicted molar refractivity (Wildman–Crippen MR) is 94.3 cm³/mol. The molecule has 0 radical (unpaired) electrons. The van der Waals surface area contributed by atoms with Crippen molar-refractivity contribution in [1.82, 2.24) is 5.32 Å². The lowest BCUT2D eigenvalue weighted by Crippen LogP contribution is -2.24. The molecule has 1 aromatic carbocycles. The Hall–Kier alpha value is -1.06. The van der Waals surface area contributed by atoms with Crippen molar-refractivity contribution in [3.8, 4) is 0 Å². The van der Waals surface area contributed by atoms with E-state index >= 15 is 0 Å². The summed E-state index contributed by atoms with van der Waals surface area (Å²) in [6, 6.07) is 9.04.